The van der Waals surface area contributed by atoms with Gasteiger partial charge < -0.3 is 10.6 Å². The second kappa shape index (κ2) is 6.14. The van der Waals surface area contributed by atoms with E-state index in [4.69, 9.17) is 0 Å². The monoisotopic (exact) mass is 286 g/mol. The highest BCUT2D eigenvalue weighted by molar-refractivity contribution is 5.27. The maximum Gasteiger partial charge on any atom is 0.416 e. The standard InChI is InChI=1S/C15H21F3N2/c1-10-9-19-7-6-14(10)20-11(2)12-4-3-5-13(8-12)15(16,17)18/h3-5,8,10-11,14,19-20H,6-7,9H2,1-2H3. The average molecular weight is 286 g/mol. The van der Waals surface area contributed by atoms with Crippen LogP contribution < -0.4 is 10.6 Å². The Morgan fingerprint density at radius 2 is 2.10 bits per heavy atom. The highest BCUT2D eigenvalue weighted by Gasteiger charge is 2.31. The van der Waals surface area contributed by atoms with Crippen LogP contribution in [0.25, 0.3) is 0 Å². The number of nitrogens with one attached hydrogen (secondary N) is 2. The molecule has 1 aliphatic heterocycles. The van der Waals surface area contributed by atoms with Gasteiger partial charge in [0, 0.05) is 12.1 Å². The maximum absolute atomic E-state index is 12.7. The largest absolute Gasteiger partial charge is 0.416 e. The summed E-state index contributed by atoms with van der Waals surface area (Å²) in [5.41, 5.74) is 0.104. The van der Waals surface area contributed by atoms with Crippen molar-refractivity contribution in [1.29, 1.82) is 0 Å². The van der Waals surface area contributed by atoms with Gasteiger partial charge in [0.2, 0.25) is 0 Å². The summed E-state index contributed by atoms with van der Waals surface area (Å²) in [5, 5.41) is 6.77. The molecule has 5 heteroatoms. The lowest BCUT2D eigenvalue weighted by Crippen LogP contribution is -2.47. The molecule has 1 aromatic carbocycles. The van der Waals surface area contributed by atoms with E-state index >= 15 is 0 Å². The van der Waals surface area contributed by atoms with Crippen LogP contribution >= 0.6 is 0 Å². The van der Waals surface area contributed by atoms with Crippen molar-refractivity contribution < 1.29 is 13.2 Å². The number of alkyl halides is 3. The van der Waals surface area contributed by atoms with E-state index in [2.05, 4.69) is 17.6 Å². The first-order chi connectivity index (χ1) is 9.38. The molecular formula is C15H21F3N2. The molecule has 1 heterocycles. The van der Waals surface area contributed by atoms with Crippen molar-refractivity contribution in [2.24, 2.45) is 5.92 Å². The first kappa shape index (κ1) is 15.3. The molecule has 0 amide bonds. The minimum absolute atomic E-state index is 0.0807. The molecule has 1 fully saturated rings. The van der Waals surface area contributed by atoms with Crippen molar-refractivity contribution in [2.45, 2.75) is 38.5 Å². The third kappa shape index (κ3) is 3.73. The summed E-state index contributed by atoms with van der Waals surface area (Å²) in [4.78, 5) is 0. The minimum Gasteiger partial charge on any atom is -0.316 e. The molecule has 0 radical (unpaired) electrons. The van der Waals surface area contributed by atoms with Gasteiger partial charge in [-0.15, -0.1) is 0 Å². The molecule has 1 saturated heterocycles. The van der Waals surface area contributed by atoms with Crippen molar-refractivity contribution in [1.82, 2.24) is 10.6 Å². The molecular weight excluding hydrogens is 265 g/mol. The second-order valence-corrected chi connectivity index (χ2v) is 5.59. The molecule has 0 aliphatic carbocycles. The Morgan fingerprint density at radius 3 is 2.75 bits per heavy atom. The van der Waals surface area contributed by atoms with Crippen LogP contribution in [0.4, 0.5) is 13.2 Å². The molecule has 3 atom stereocenters. The lowest BCUT2D eigenvalue weighted by Gasteiger charge is -2.33. The summed E-state index contributed by atoms with van der Waals surface area (Å²) in [6, 6.07) is 5.84. The van der Waals surface area contributed by atoms with Crippen molar-refractivity contribution in [2.75, 3.05) is 13.1 Å². The third-order valence-corrected chi connectivity index (χ3v) is 3.96. The van der Waals surface area contributed by atoms with Crippen LogP contribution in [0.15, 0.2) is 24.3 Å². The van der Waals surface area contributed by atoms with Crippen LogP contribution in [0.2, 0.25) is 0 Å². The Balaban J connectivity index is 2.07. The van der Waals surface area contributed by atoms with Crippen molar-refractivity contribution in [3.05, 3.63) is 35.4 Å². The van der Waals surface area contributed by atoms with E-state index in [0.717, 1.165) is 25.6 Å². The number of piperidine rings is 1. The SMILES string of the molecule is CC(NC1CCNCC1C)c1cccc(C(F)(F)F)c1. The fourth-order valence-electron chi connectivity index (χ4n) is 2.66. The molecule has 20 heavy (non-hydrogen) atoms. The highest BCUT2D eigenvalue weighted by atomic mass is 19.4. The van der Waals surface area contributed by atoms with Gasteiger partial charge >= 0.3 is 6.18 Å². The second-order valence-electron chi connectivity index (χ2n) is 5.59. The molecule has 2 N–H and O–H groups in total. The number of hydrogen-bond donors (Lipinski definition) is 2. The van der Waals surface area contributed by atoms with E-state index in [1.807, 2.05) is 6.92 Å². The zero-order valence-electron chi connectivity index (χ0n) is 11.8. The fraction of sp³-hybridized carbons (Fsp3) is 0.600. The molecule has 1 aliphatic rings. The van der Waals surface area contributed by atoms with Gasteiger partial charge in [0.1, 0.15) is 0 Å². The van der Waals surface area contributed by atoms with Crippen molar-refractivity contribution >= 4 is 0 Å². The lowest BCUT2D eigenvalue weighted by molar-refractivity contribution is -0.137. The third-order valence-electron chi connectivity index (χ3n) is 3.96. The van der Waals surface area contributed by atoms with Gasteiger partial charge in [-0.3, -0.25) is 0 Å². The summed E-state index contributed by atoms with van der Waals surface area (Å²) < 4.78 is 38.2. The first-order valence-electron chi connectivity index (χ1n) is 7.02. The van der Waals surface area contributed by atoms with Gasteiger partial charge in [-0.25, -0.2) is 0 Å². The number of rotatable bonds is 3. The van der Waals surface area contributed by atoms with Gasteiger partial charge in [-0.1, -0.05) is 19.1 Å². The van der Waals surface area contributed by atoms with Crippen LogP contribution in [0, 0.1) is 5.92 Å². The Labute approximate surface area is 117 Å². The molecule has 2 rings (SSSR count). The van der Waals surface area contributed by atoms with Crippen molar-refractivity contribution in [3.8, 4) is 0 Å². The smallest absolute Gasteiger partial charge is 0.316 e. The molecule has 112 valence electrons. The Bertz CT molecular complexity index is 445. The van der Waals surface area contributed by atoms with Crippen LogP contribution in [0.1, 0.15) is 37.4 Å². The minimum atomic E-state index is -4.28. The summed E-state index contributed by atoms with van der Waals surface area (Å²) in [5.74, 6) is 0.483. The Morgan fingerprint density at radius 1 is 1.35 bits per heavy atom. The van der Waals surface area contributed by atoms with E-state index in [-0.39, 0.29) is 6.04 Å². The van der Waals surface area contributed by atoms with Crippen LogP contribution in [-0.2, 0) is 6.18 Å². The van der Waals surface area contributed by atoms with Gasteiger partial charge in [0.05, 0.1) is 5.56 Å². The van der Waals surface area contributed by atoms with Gasteiger partial charge in [0.25, 0.3) is 0 Å². The Hall–Kier alpha value is -1.07. The normalized spacial score (nSPS) is 25.4. The number of hydrogen-bond acceptors (Lipinski definition) is 2. The molecule has 0 bridgehead atoms. The van der Waals surface area contributed by atoms with E-state index in [1.165, 1.54) is 12.1 Å². The maximum atomic E-state index is 12.7. The van der Waals surface area contributed by atoms with Crippen LogP contribution in [0.5, 0.6) is 0 Å². The lowest BCUT2D eigenvalue weighted by atomic mass is 9.93. The zero-order valence-corrected chi connectivity index (χ0v) is 11.8. The summed E-state index contributed by atoms with van der Waals surface area (Å²) >= 11 is 0. The predicted octanol–water partition coefficient (Wildman–Crippen LogP) is 3.35. The van der Waals surface area contributed by atoms with E-state index in [0.29, 0.717) is 17.5 Å². The van der Waals surface area contributed by atoms with Crippen molar-refractivity contribution in [3.63, 3.8) is 0 Å². The number of halogens is 3. The summed E-state index contributed by atoms with van der Waals surface area (Å²) in [6.45, 7) is 5.98. The Kier molecular flexibility index (Phi) is 4.70. The quantitative estimate of drug-likeness (QED) is 0.890. The highest BCUT2D eigenvalue weighted by Crippen LogP contribution is 2.31. The predicted molar refractivity (Wildman–Crippen MR) is 73.4 cm³/mol. The molecule has 1 aromatic rings. The van der Waals surface area contributed by atoms with Crippen LogP contribution in [0.3, 0.4) is 0 Å². The molecule has 0 spiro atoms. The van der Waals surface area contributed by atoms with Gasteiger partial charge in [-0.2, -0.15) is 13.2 Å². The molecule has 2 nitrogen and oxygen atoms in total. The van der Waals surface area contributed by atoms with Crippen LogP contribution in [-0.4, -0.2) is 19.1 Å². The van der Waals surface area contributed by atoms with E-state index < -0.39 is 11.7 Å². The molecule has 3 unspecified atom stereocenters. The summed E-state index contributed by atoms with van der Waals surface area (Å²) in [7, 11) is 0. The van der Waals surface area contributed by atoms with Gasteiger partial charge in [0.15, 0.2) is 0 Å². The fourth-order valence-corrected chi connectivity index (χ4v) is 2.66. The molecule has 0 aromatic heterocycles. The average Bonchev–Trinajstić information content (AvgIpc) is 2.40. The topological polar surface area (TPSA) is 24.1 Å². The first-order valence-corrected chi connectivity index (χ1v) is 7.02. The van der Waals surface area contributed by atoms with Gasteiger partial charge in [-0.05, 0) is 50.0 Å². The molecule has 0 saturated carbocycles. The van der Waals surface area contributed by atoms with E-state index in [1.54, 1.807) is 6.07 Å². The van der Waals surface area contributed by atoms with E-state index in [9.17, 15) is 13.2 Å². The zero-order chi connectivity index (χ0) is 14.8. The number of benzene rings is 1. The summed E-state index contributed by atoms with van der Waals surface area (Å²) in [6.07, 6.45) is -3.28.